The second-order valence-electron chi connectivity index (χ2n) is 7.99. The molecule has 0 saturated carbocycles. The van der Waals surface area contributed by atoms with E-state index in [9.17, 15) is 9.59 Å². The lowest BCUT2D eigenvalue weighted by atomic mass is 10.0. The molecule has 0 radical (unpaired) electrons. The SMILES string of the molecule is O=C1C(c2ccccc2)=C(SC2=C(c3ccccc3)C(=O)c3ccccc32)c2ccccc21. The minimum atomic E-state index is 0.0266. The van der Waals surface area contributed by atoms with Gasteiger partial charge in [0.15, 0.2) is 11.6 Å². The summed E-state index contributed by atoms with van der Waals surface area (Å²) in [5.41, 5.74) is 6.42. The fourth-order valence-electron chi connectivity index (χ4n) is 4.55. The molecule has 156 valence electrons. The summed E-state index contributed by atoms with van der Waals surface area (Å²) in [6.07, 6.45) is 0. The standard InChI is InChI=1S/C30H18O2S/c31-27-21-15-7-9-17-23(21)29(25(27)19-11-3-1-4-12-19)33-30-24-18-10-8-16-22(24)28(32)26(30)20-13-5-2-6-14-20/h1-18H. The number of hydrogen-bond acceptors (Lipinski definition) is 3. The summed E-state index contributed by atoms with van der Waals surface area (Å²) in [6, 6.07) is 35.1. The zero-order valence-electron chi connectivity index (χ0n) is 17.6. The number of carbonyl (C=O) groups excluding carboxylic acids is 2. The number of ketones is 2. The predicted octanol–water partition coefficient (Wildman–Crippen LogP) is 7.25. The van der Waals surface area contributed by atoms with E-state index in [1.165, 1.54) is 11.8 Å². The molecule has 0 amide bonds. The second kappa shape index (κ2) is 7.88. The third-order valence-electron chi connectivity index (χ3n) is 6.07. The highest BCUT2D eigenvalue weighted by molar-refractivity contribution is 8.17. The van der Waals surface area contributed by atoms with Crippen LogP contribution in [0.5, 0.6) is 0 Å². The molecule has 0 unspecified atom stereocenters. The van der Waals surface area contributed by atoms with Crippen LogP contribution in [0.25, 0.3) is 21.0 Å². The van der Waals surface area contributed by atoms with E-state index >= 15 is 0 Å². The largest absolute Gasteiger partial charge is 0.289 e. The molecule has 33 heavy (non-hydrogen) atoms. The van der Waals surface area contributed by atoms with Gasteiger partial charge in [0.2, 0.25) is 0 Å². The van der Waals surface area contributed by atoms with Gasteiger partial charge < -0.3 is 0 Å². The monoisotopic (exact) mass is 442 g/mol. The van der Waals surface area contributed by atoms with Gasteiger partial charge >= 0.3 is 0 Å². The first-order valence-corrected chi connectivity index (χ1v) is 11.6. The van der Waals surface area contributed by atoms with Gasteiger partial charge in [-0.1, -0.05) is 121 Å². The molecule has 2 nitrogen and oxygen atoms in total. The van der Waals surface area contributed by atoms with Gasteiger partial charge in [0.05, 0.1) is 0 Å². The Morgan fingerprint density at radius 2 is 0.727 bits per heavy atom. The molecular weight excluding hydrogens is 424 g/mol. The molecule has 4 aromatic rings. The van der Waals surface area contributed by atoms with Crippen molar-refractivity contribution >= 4 is 44.3 Å². The molecule has 2 aliphatic carbocycles. The minimum Gasteiger partial charge on any atom is -0.289 e. The van der Waals surface area contributed by atoms with E-state index in [2.05, 4.69) is 0 Å². The first-order valence-electron chi connectivity index (χ1n) is 10.8. The molecular formula is C30H18O2S. The van der Waals surface area contributed by atoms with Crippen molar-refractivity contribution in [3.05, 3.63) is 143 Å². The van der Waals surface area contributed by atoms with Crippen LogP contribution in [-0.2, 0) is 0 Å². The molecule has 3 heteroatoms. The third-order valence-corrected chi connectivity index (χ3v) is 7.33. The first kappa shape index (κ1) is 19.7. The topological polar surface area (TPSA) is 34.1 Å². The van der Waals surface area contributed by atoms with Crippen molar-refractivity contribution < 1.29 is 9.59 Å². The molecule has 6 rings (SSSR count). The maximum atomic E-state index is 13.5. The van der Waals surface area contributed by atoms with Gasteiger partial charge in [0.25, 0.3) is 0 Å². The Kier molecular flexibility index (Phi) is 4.70. The molecule has 0 saturated heterocycles. The van der Waals surface area contributed by atoms with Crippen LogP contribution in [0.15, 0.2) is 109 Å². The van der Waals surface area contributed by atoms with Gasteiger partial charge in [-0.3, -0.25) is 9.59 Å². The Bertz CT molecular complexity index is 1380. The molecule has 0 spiro atoms. The molecule has 0 N–H and O–H groups in total. The van der Waals surface area contributed by atoms with E-state index in [-0.39, 0.29) is 11.6 Å². The van der Waals surface area contributed by atoms with Crippen LogP contribution in [0.4, 0.5) is 0 Å². The number of thioether (sulfide) groups is 1. The lowest BCUT2D eigenvalue weighted by molar-refractivity contribution is 0.105. The smallest absolute Gasteiger partial charge is 0.195 e. The zero-order chi connectivity index (χ0) is 22.4. The van der Waals surface area contributed by atoms with Crippen LogP contribution in [0.3, 0.4) is 0 Å². The Morgan fingerprint density at radius 3 is 1.12 bits per heavy atom. The molecule has 0 fully saturated rings. The fraction of sp³-hybridized carbons (Fsp3) is 0. The molecule has 0 aromatic heterocycles. The van der Waals surface area contributed by atoms with Crippen molar-refractivity contribution in [1.82, 2.24) is 0 Å². The summed E-state index contributed by atoms with van der Waals surface area (Å²) in [4.78, 5) is 28.8. The second-order valence-corrected chi connectivity index (χ2v) is 9.01. The minimum absolute atomic E-state index is 0.0266. The number of allylic oxidation sites excluding steroid dienone is 2. The van der Waals surface area contributed by atoms with Crippen LogP contribution in [-0.4, -0.2) is 11.6 Å². The number of carbonyl (C=O) groups is 2. The van der Waals surface area contributed by atoms with Gasteiger partial charge in [-0.15, -0.1) is 0 Å². The Morgan fingerprint density at radius 1 is 0.394 bits per heavy atom. The van der Waals surface area contributed by atoms with E-state index < -0.39 is 0 Å². The van der Waals surface area contributed by atoms with Crippen molar-refractivity contribution in [3.8, 4) is 0 Å². The van der Waals surface area contributed by atoms with Gasteiger partial charge in [-0.25, -0.2) is 0 Å². The third kappa shape index (κ3) is 3.12. The van der Waals surface area contributed by atoms with E-state index in [4.69, 9.17) is 0 Å². The molecule has 0 bridgehead atoms. The quantitative estimate of drug-likeness (QED) is 0.334. The van der Waals surface area contributed by atoms with E-state index in [0.717, 1.165) is 32.1 Å². The highest BCUT2D eigenvalue weighted by Crippen LogP contribution is 2.54. The summed E-state index contributed by atoms with van der Waals surface area (Å²) in [5.74, 6) is 0.0533. The summed E-state index contributed by atoms with van der Waals surface area (Å²) in [5, 5.41) is 0. The number of rotatable bonds is 4. The van der Waals surface area contributed by atoms with Crippen LogP contribution in [0.2, 0.25) is 0 Å². The van der Waals surface area contributed by atoms with Crippen LogP contribution >= 0.6 is 11.8 Å². The van der Waals surface area contributed by atoms with E-state index in [1.54, 1.807) is 0 Å². The van der Waals surface area contributed by atoms with Crippen molar-refractivity contribution in [2.24, 2.45) is 0 Å². The summed E-state index contributed by atoms with van der Waals surface area (Å²) >= 11 is 1.53. The predicted molar refractivity (Wildman–Crippen MR) is 136 cm³/mol. The molecule has 0 heterocycles. The van der Waals surface area contributed by atoms with E-state index in [0.29, 0.717) is 22.3 Å². The first-order chi connectivity index (χ1) is 16.2. The molecule has 0 atom stereocenters. The van der Waals surface area contributed by atoms with Crippen molar-refractivity contribution in [2.75, 3.05) is 0 Å². The number of fused-ring (bicyclic) bond motifs is 2. The number of Topliss-reactive ketones (excluding diaryl/α,β-unsaturated/α-hetero) is 2. The van der Waals surface area contributed by atoms with Gasteiger partial charge in [0.1, 0.15) is 0 Å². The van der Waals surface area contributed by atoms with Crippen molar-refractivity contribution in [1.29, 1.82) is 0 Å². The summed E-state index contributed by atoms with van der Waals surface area (Å²) in [7, 11) is 0. The molecule has 2 aliphatic rings. The van der Waals surface area contributed by atoms with Crippen LogP contribution in [0, 0.1) is 0 Å². The number of hydrogen-bond donors (Lipinski definition) is 0. The average Bonchev–Trinajstić information content (AvgIpc) is 3.32. The maximum absolute atomic E-state index is 13.5. The van der Waals surface area contributed by atoms with Gasteiger partial charge in [0, 0.05) is 43.2 Å². The molecule has 4 aromatic carbocycles. The zero-order valence-corrected chi connectivity index (χ0v) is 18.4. The lowest BCUT2D eigenvalue weighted by Gasteiger charge is -2.12. The molecule has 0 aliphatic heterocycles. The van der Waals surface area contributed by atoms with Crippen molar-refractivity contribution in [2.45, 2.75) is 0 Å². The van der Waals surface area contributed by atoms with Crippen molar-refractivity contribution in [3.63, 3.8) is 0 Å². The Labute approximate surface area is 196 Å². The Hall–Kier alpha value is -3.95. The van der Waals surface area contributed by atoms with E-state index in [1.807, 2.05) is 109 Å². The van der Waals surface area contributed by atoms with Crippen LogP contribution in [0.1, 0.15) is 43.0 Å². The average molecular weight is 443 g/mol. The Balaban J connectivity index is 1.61. The highest BCUT2D eigenvalue weighted by Gasteiger charge is 2.36. The lowest BCUT2D eigenvalue weighted by Crippen LogP contribution is -1.98. The summed E-state index contributed by atoms with van der Waals surface area (Å²) < 4.78 is 0. The number of benzene rings is 4. The maximum Gasteiger partial charge on any atom is 0.195 e. The normalized spacial score (nSPS) is 14.7. The van der Waals surface area contributed by atoms with Crippen LogP contribution < -0.4 is 0 Å². The van der Waals surface area contributed by atoms with Gasteiger partial charge in [-0.05, 0) is 11.1 Å². The highest BCUT2D eigenvalue weighted by atomic mass is 32.2. The fourth-order valence-corrected chi connectivity index (χ4v) is 5.96. The summed E-state index contributed by atoms with van der Waals surface area (Å²) in [6.45, 7) is 0. The van der Waals surface area contributed by atoms with Gasteiger partial charge in [-0.2, -0.15) is 0 Å².